The van der Waals surface area contributed by atoms with Gasteiger partial charge in [0.2, 0.25) is 0 Å². The van der Waals surface area contributed by atoms with Crippen LogP contribution < -0.4 is 25.3 Å². The number of ketones is 1. The fraction of sp³-hybridized carbons (Fsp3) is 0.364. The number of ether oxygens (including phenoxy) is 4. The molecule has 1 aliphatic heterocycles. The number of halogens is 3. The van der Waals surface area contributed by atoms with Gasteiger partial charge in [-0.3, -0.25) is 9.59 Å². The Morgan fingerprint density at radius 1 is 1.18 bits per heavy atom. The number of primary amides is 1. The predicted molar refractivity (Wildman–Crippen MR) is 111 cm³/mol. The number of benzene rings is 2. The van der Waals surface area contributed by atoms with Crippen LogP contribution in [0.3, 0.4) is 0 Å². The van der Waals surface area contributed by atoms with Crippen molar-refractivity contribution < 1.29 is 41.7 Å². The Kier molecular flexibility index (Phi) is 7.77. The number of fused-ring (bicyclic) bond motifs is 1. The lowest BCUT2D eigenvalue weighted by molar-refractivity contribution is -0.153. The van der Waals surface area contributed by atoms with E-state index in [-0.39, 0.29) is 48.4 Å². The molecule has 0 bridgehead atoms. The Bertz CT molecular complexity index is 1010. The van der Waals surface area contributed by atoms with Crippen LogP contribution in [0.1, 0.15) is 26.3 Å². The van der Waals surface area contributed by atoms with Gasteiger partial charge in [-0.05, 0) is 29.8 Å². The molecule has 0 aromatic heterocycles. The van der Waals surface area contributed by atoms with Crippen LogP contribution in [0.25, 0.3) is 0 Å². The third-order valence-corrected chi connectivity index (χ3v) is 4.80. The first-order valence-corrected chi connectivity index (χ1v) is 9.98. The van der Waals surface area contributed by atoms with Crippen molar-refractivity contribution >= 4 is 11.7 Å². The summed E-state index contributed by atoms with van der Waals surface area (Å²) in [5.41, 5.74) is 6.41. The number of carbonyl (C=O) groups excluding carboxylic acids is 2. The number of carbonyl (C=O) groups is 2. The van der Waals surface area contributed by atoms with Crippen molar-refractivity contribution in [1.82, 2.24) is 5.32 Å². The van der Waals surface area contributed by atoms with E-state index in [1.807, 2.05) is 0 Å². The Balaban J connectivity index is 1.51. The van der Waals surface area contributed by atoms with E-state index in [0.717, 1.165) is 0 Å². The number of nitrogens with one attached hydrogen (secondary N) is 1. The summed E-state index contributed by atoms with van der Waals surface area (Å²) in [6.07, 6.45) is -5.24. The molecule has 1 amide bonds. The molecular formula is C22H23F3N2O6. The average molecular weight is 468 g/mol. The summed E-state index contributed by atoms with van der Waals surface area (Å²) in [7, 11) is 1.40. The molecule has 0 fully saturated rings. The molecule has 0 saturated carbocycles. The molecule has 0 saturated heterocycles. The molecule has 1 heterocycles. The van der Waals surface area contributed by atoms with E-state index in [1.54, 1.807) is 18.2 Å². The van der Waals surface area contributed by atoms with Crippen LogP contribution in [0.4, 0.5) is 13.2 Å². The van der Waals surface area contributed by atoms with Gasteiger partial charge in [-0.2, -0.15) is 13.2 Å². The Morgan fingerprint density at radius 2 is 1.88 bits per heavy atom. The monoisotopic (exact) mass is 468 g/mol. The molecule has 3 N–H and O–H groups in total. The SMILES string of the molecule is COc1cc2c(cc1C(N)=O)C(=O)C(CNCCOc1ccccc1OCC(F)(F)F)OC2. The second-order valence-corrected chi connectivity index (χ2v) is 7.14. The summed E-state index contributed by atoms with van der Waals surface area (Å²) >= 11 is 0. The van der Waals surface area contributed by atoms with E-state index in [2.05, 4.69) is 5.32 Å². The minimum Gasteiger partial charge on any atom is -0.496 e. The summed E-state index contributed by atoms with van der Waals surface area (Å²) in [5.74, 6) is -0.583. The predicted octanol–water partition coefficient (Wildman–Crippen LogP) is 2.49. The molecule has 1 unspecified atom stereocenters. The minimum atomic E-state index is -4.46. The van der Waals surface area contributed by atoms with E-state index in [9.17, 15) is 22.8 Å². The van der Waals surface area contributed by atoms with E-state index in [1.165, 1.54) is 25.3 Å². The minimum absolute atomic E-state index is 0.0158. The number of amides is 1. The number of rotatable bonds is 10. The fourth-order valence-electron chi connectivity index (χ4n) is 3.24. The van der Waals surface area contributed by atoms with Crippen molar-refractivity contribution in [3.8, 4) is 17.2 Å². The van der Waals surface area contributed by atoms with Crippen LogP contribution in [-0.2, 0) is 11.3 Å². The van der Waals surface area contributed by atoms with Gasteiger partial charge in [0.25, 0.3) is 5.91 Å². The lowest BCUT2D eigenvalue weighted by Crippen LogP contribution is -2.40. The van der Waals surface area contributed by atoms with Crippen LogP contribution in [0.5, 0.6) is 17.2 Å². The van der Waals surface area contributed by atoms with Crippen molar-refractivity contribution in [2.24, 2.45) is 5.73 Å². The zero-order valence-corrected chi connectivity index (χ0v) is 17.7. The van der Waals surface area contributed by atoms with Gasteiger partial charge in [-0.15, -0.1) is 0 Å². The molecule has 0 aliphatic carbocycles. The van der Waals surface area contributed by atoms with Crippen molar-refractivity contribution in [1.29, 1.82) is 0 Å². The molecular weight excluding hydrogens is 445 g/mol. The Labute approximate surface area is 187 Å². The second-order valence-electron chi connectivity index (χ2n) is 7.14. The van der Waals surface area contributed by atoms with E-state index in [4.69, 9.17) is 24.7 Å². The summed E-state index contributed by atoms with van der Waals surface area (Å²) in [6.45, 7) is -0.678. The van der Waals surface area contributed by atoms with Gasteiger partial charge < -0.3 is 30.0 Å². The molecule has 1 atom stereocenters. The van der Waals surface area contributed by atoms with Gasteiger partial charge in [0, 0.05) is 18.7 Å². The molecule has 2 aromatic rings. The number of alkyl halides is 3. The molecule has 0 spiro atoms. The van der Waals surface area contributed by atoms with E-state index < -0.39 is 24.8 Å². The quantitative estimate of drug-likeness (QED) is 0.516. The smallest absolute Gasteiger partial charge is 0.422 e. The summed E-state index contributed by atoms with van der Waals surface area (Å²) in [6, 6.07) is 9.01. The third kappa shape index (κ3) is 6.36. The molecule has 3 rings (SSSR count). The standard InChI is InChI=1S/C22H23F3N2O6/c1-30-18-8-13-11-32-19(20(28)14(13)9-15(18)21(26)29)10-27-6-7-31-16-4-2-3-5-17(16)33-12-22(23,24)25/h2-5,8-9,19,27H,6-7,10-12H2,1H3,(H2,26,29). The molecule has 1 aliphatic rings. The van der Waals surface area contributed by atoms with Gasteiger partial charge in [0.1, 0.15) is 18.5 Å². The van der Waals surface area contributed by atoms with Crippen molar-refractivity contribution in [2.45, 2.75) is 18.9 Å². The molecule has 11 heteroatoms. The lowest BCUT2D eigenvalue weighted by Gasteiger charge is -2.25. The van der Waals surface area contributed by atoms with Crippen molar-refractivity contribution in [2.75, 3.05) is 33.4 Å². The summed E-state index contributed by atoms with van der Waals surface area (Å²) < 4.78 is 58.2. The number of methoxy groups -OCH3 is 1. The average Bonchev–Trinajstić information content (AvgIpc) is 2.78. The number of nitrogens with two attached hydrogens (primary N) is 1. The molecule has 33 heavy (non-hydrogen) atoms. The highest BCUT2D eigenvalue weighted by atomic mass is 19.4. The number of Topliss-reactive ketones (excluding diaryl/α,β-unsaturated/α-hetero) is 1. The van der Waals surface area contributed by atoms with Crippen LogP contribution in [-0.4, -0.2) is 57.4 Å². The highest BCUT2D eigenvalue weighted by Crippen LogP contribution is 2.29. The first kappa shape index (κ1) is 24.3. The van der Waals surface area contributed by atoms with Gasteiger partial charge in [0.15, 0.2) is 23.9 Å². The Hall–Kier alpha value is -3.31. The number of hydrogen-bond acceptors (Lipinski definition) is 7. The van der Waals surface area contributed by atoms with Gasteiger partial charge in [0.05, 0.1) is 19.3 Å². The molecule has 2 aromatic carbocycles. The zero-order chi connectivity index (χ0) is 24.0. The van der Waals surface area contributed by atoms with Gasteiger partial charge >= 0.3 is 6.18 Å². The van der Waals surface area contributed by atoms with E-state index >= 15 is 0 Å². The summed E-state index contributed by atoms with van der Waals surface area (Å²) in [4.78, 5) is 24.4. The third-order valence-electron chi connectivity index (χ3n) is 4.80. The van der Waals surface area contributed by atoms with Crippen LogP contribution in [0.2, 0.25) is 0 Å². The largest absolute Gasteiger partial charge is 0.496 e. The zero-order valence-electron chi connectivity index (χ0n) is 17.7. The lowest BCUT2D eigenvalue weighted by atomic mass is 9.94. The second kappa shape index (κ2) is 10.5. The molecule has 8 nitrogen and oxygen atoms in total. The van der Waals surface area contributed by atoms with Crippen LogP contribution in [0, 0.1) is 0 Å². The fourth-order valence-corrected chi connectivity index (χ4v) is 3.24. The highest BCUT2D eigenvalue weighted by molar-refractivity contribution is 6.05. The van der Waals surface area contributed by atoms with Crippen LogP contribution in [0.15, 0.2) is 36.4 Å². The van der Waals surface area contributed by atoms with Crippen molar-refractivity contribution in [3.05, 3.63) is 53.1 Å². The van der Waals surface area contributed by atoms with Gasteiger partial charge in [-0.25, -0.2) is 0 Å². The first-order chi connectivity index (χ1) is 15.7. The first-order valence-electron chi connectivity index (χ1n) is 9.98. The normalized spacial score (nSPS) is 15.6. The maximum atomic E-state index is 12.8. The van der Waals surface area contributed by atoms with E-state index in [0.29, 0.717) is 17.7 Å². The van der Waals surface area contributed by atoms with Crippen LogP contribution >= 0.6 is 0 Å². The topological polar surface area (TPSA) is 109 Å². The number of para-hydroxylation sites is 2. The summed E-state index contributed by atoms with van der Waals surface area (Å²) in [5, 5.41) is 3.01. The molecule has 178 valence electrons. The van der Waals surface area contributed by atoms with Crippen molar-refractivity contribution in [3.63, 3.8) is 0 Å². The maximum Gasteiger partial charge on any atom is 0.422 e. The maximum absolute atomic E-state index is 12.8. The molecule has 0 radical (unpaired) electrons. The van der Waals surface area contributed by atoms with Gasteiger partial charge in [-0.1, -0.05) is 12.1 Å². The Morgan fingerprint density at radius 3 is 2.52 bits per heavy atom. The number of hydrogen-bond donors (Lipinski definition) is 2. The highest BCUT2D eigenvalue weighted by Gasteiger charge is 2.30.